The Balaban J connectivity index is 2.08. The van der Waals surface area contributed by atoms with Crippen LogP contribution in [0.25, 0.3) is 0 Å². The summed E-state index contributed by atoms with van der Waals surface area (Å²) >= 11 is 2.35. The second-order valence-electron chi connectivity index (χ2n) is 3.69. The predicted octanol–water partition coefficient (Wildman–Crippen LogP) is 2.97. The van der Waals surface area contributed by atoms with E-state index in [2.05, 4.69) is 0 Å². The summed E-state index contributed by atoms with van der Waals surface area (Å²) in [5.74, 6) is -0.315. The first kappa shape index (κ1) is 14.3. The van der Waals surface area contributed by atoms with Gasteiger partial charge in [-0.05, 0) is 29.6 Å². The van der Waals surface area contributed by atoms with E-state index >= 15 is 0 Å². The third-order valence-electron chi connectivity index (χ3n) is 2.20. The number of hydrogen-bond acceptors (Lipinski definition) is 6. The Morgan fingerprint density at radius 3 is 2.70 bits per heavy atom. The van der Waals surface area contributed by atoms with Crippen LogP contribution in [0.15, 0.2) is 46.7 Å². The summed E-state index contributed by atoms with van der Waals surface area (Å²) in [6.07, 6.45) is 0. The van der Waals surface area contributed by atoms with Gasteiger partial charge in [-0.15, -0.1) is 11.3 Å². The van der Waals surface area contributed by atoms with Gasteiger partial charge in [0, 0.05) is 4.90 Å². The Morgan fingerprint density at radius 1 is 1.25 bits per heavy atom. The van der Waals surface area contributed by atoms with Gasteiger partial charge in [0.1, 0.15) is 21.5 Å². The van der Waals surface area contributed by atoms with Crippen LogP contribution in [-0.4, -0.2) is 16.8 Å². The highest BCUT2D eigenvalue weighted by Gasteiger charge is 2.10. The van der Waals surface area contributed by atoms with Crippen molar-refractivity contribution in [1.29, 1.82) is 10.8 Å². The first-order chi connectivity index (χ1) is 9.56. The number of ether oxygens (including phenoxy) is 1. The van der Waals surface area contributed by atoms with E-state index in [9.17, 15) is 4.79 Å². The number of nitrogens with one attached hydrogen (secondary N) is 2. The minimum absolute atomic E-state index is 0.0493. The van der Waals surface area contributed by atoms with E-state index in [0.717, 1.165) is 11.8 Å². The van der Waals surface area contributed by atoms with E-state index < -0.39 is 5.97 Å². The zero-order valence-electron chi connectivity index (χ0n) is 10.3. The summed E-state index contributed by atoms with van der Waals surface area (Å²) in [6, 6.07) is 10.2. The standard InChI is InChI=1S/C13H11N3O2S2/c14-11(15)12(16)20-9-4-1-3-8(7-9)18-13(17)10-5-2-6-19-10/h1-7,16H,(H3,14,15). The maximum Gasteiger partial charge on any atom is 0.353 e. The molecule has 2 aromatic rings. The van der Waals surface area contributed by atoms with Crippen LogP contribution < -0.4 is 10.5 Å². The van der Waals surface area contributed by atoms with Crippen molar-refractivity contribution in [2.24, 2.45) is 5.73 Å². The summed E-state index contributed by atoms with van der Waals surface area (Å²) in [5.41, 5.74) is 5.22. The molecule has 4 N–H and O–H groups in total. The Labute approximate surface area is 123 Å². The predicted molar refractivity (Wildman–Crippen MR) is 81.2 cm³/mol. The lowest BCUT2D eigenvalue weighted by Gasteiger charge is -2.05. The van der Waals surface area contributed by atoms with Crippen LogP contribution in [0.3, 0.4) is 0 Å². The fourth-order valence-electron chi connectivity index (χ4n) is 1.33. The molecule has 1 aromatic carbocycles. The van der Waals surface area contributed by atoms with E-state index in [-0.39, 0.29) is 10.9 Å². The van der Waals surface area contributed by atoms with Crippen LogP contribution in [0.5, 0.6) is 5.75 Å². The monoisotopic (exact) mass is 305 g/mol. The highest BCUT2D eigenvalue weighted by molar-refractivity contribution is 8.15. The van der Waals surface area contributed by atoms with Gasteiger partial charge in [0.15, 0.2) is 0 Å². The third kappa shape index (κ3) is 3.69. The van der Waals surface area contributed by atoms with E-state index in [1.807, 2.05) is 0 Å². The quantitative estimate of drug-likeness (QED) is 0.267. The lowest BCUT2D eigenvalue weighted by molar-refractivity contribution is 0.0739. The number of amidine groups is 1. The number of carbonyl (C=O) groups excluding carboxylic acids is 1. The van der Waals surface area contributed by atoms with Gasteiger partial charge in [-0.3, -0.25) is 10.8 Å². The molecule has 0 aliphatic carbocycles. The number of esters is 1. The van der Waals surface area contributed by atoms with E-state index in [0.29, 0.717) is 15.5 Å². The molecule has 0 unspecified atom stereocenters. The molecular formula is C13H11N3O2S2. The molecule has 20 heavy (non-hydrogen) atoms. The Bertz CT molecular complexity index is 653. The first-order valence-electron chi connectivity index (χ1n) is 5.53. The molecule has 1 heterocycles. The average molecular weight is 305 g/mol. The average Bonchev–Trinajstić information content (AvgIpc) is 2.92. The van der Waals surface area contributed by atoms with E-state index in [4.69, 9.17) is 21.3 Å². The van der Waals surface area contributed by atoms with Crippen LogP contribution in [-0.2, 0) is 0 Å². The molecule has 5 nitrogen and oxygen atoms in total. The van der Waals surface area contributed by atoms with Crippen LogP contribution >= 0.6 is 23.1 Å². The van der Waals surface area contributed by atoms with Crippen molar-refractivity contribution in [1.82, 2.24) is 0 Å². The Hall–Kier alpha value is -2.12. The number of hydrogen-bond donors (Lipinski definition) is 3. The third-order valence-corrected chi connectivity index (χ3v) is 3.97. The fourth-order valence-corrected chi connectivity index (χ4v) is 2.59. The fraction of sp³-hybridized carbons (Fsp3) is 0. The van der Waals surface area contributed by atoms with Crippen molar-refractivity contribution < 1.29 is 9.53 Å². The molecule has 0 spiro atoms. The number of benzene rings is 1. The largest absolute Gasteiger partial charge is 0.422 e. The van der Waals surface area contributed by atoms with Crippen molar-refractivity contribution in [3.63, 3.8) is 0 Å². The van der Waals surface area contributed by atoms with Gasteiger partial charge in [0.25, 0.3) is 0 Å². The summed E-state index contributed by atoms with van der Waals surface area (Å²) in [7, 11) is 0. The van der Waals surface area contributed by atoms with Crippen molar-refractivity contribution in [2.75, 3.05) is 0 Å². The minimum Gasteiger partial charge on any atom is -0.422 e. The normalized spacial score (nSPS) is 10.0. The molecule has 0 amide bonds. The summed E-state index contributed by atoms with van der Waals surface area (Å²) in [5, 5.41) is 16.4. The summed E-state index contributed by atoms with van der Waals surface area (Å²) < 4.78 is 5.24. The van der Waals surface area contributed by atoms with Crippen LogP contribution in [0, 0.1) is 10.8 Å². The second-order valence-corrected chi connectivity index (χ2v) is 5.72. The molecule has 0 radical (unpaired) electrons. The van der Waals surface area contributed by atoms with Gasteiger partial charge in [-0.1, -0.05) is 23.9 Å². The van der Waals surface area contributed by atoms with Crippen LogP contribution in [0.1, 0.15) is 9.67 Å². The Kier molecular flexibility index (Phi) is 4.54. The molecule has 102 valence electrons. The lowest BCUT2D eigenvalue weighted by atomic mass is 10.3. The molecule has 0 saturated carbocycles. The SMILES string of the molecule is N=C(N)C(=N)Sc1cccc(OC(=O)c2cccs2)c1. The molecule has 7 heteroatoms. The number of carbonyl (C=O) groups is 1. The molecule has 0 bridgehead atoms. The zero-order valence-corrected chi connectivity index (χ0v) is 11.9. The van der Waals surface area contributed by atoms with Gasteiger partial charge >= 0.3 is 5.97 Å². The molecule has 2 rings (SSSR count). The van der Waals surface area contributed by atoms with Gasteiger partial charge in [0.05, 0.1) is 0 Å². The summed E-state index contributed by atoms with van der Waals surface area (Å²) in [4.78, 5) is 13.0. The smallest absolute Gasteiger partial charge is 0.353 e. The molecule has 1 aromatic heterocycles. The molecule has 0 aliphatic heterocycles. The first-order valence-corrected chi connectivity index (χ1v) is 7.22. The molecule has 0 fully saturated rings. The number of rotatable bonds is 3. The highest BCUT2D eigenvalue weighted by atomic mass is 32.2. The number of nitrogens with two attached hydrogens (primary N) is 1. The number of thioether (sulfide) groups is 1. The number of thiophene rings is 1. The van der Waals surface area contributed by atoms with E-state index in [1.165, 1.54) is 11.3 Å². The van der Waals surface area contributed by atoms with Crippen molar-refractivity contribution >= 4 is 39.9 Å². The van der Waals surface area contributed by atoms with Crippen LogP contribution in [0.2, 0.25) is 0 Å². The molecule has 0 aliphatic rings. The van der Waals surface area contributed by atoms with Gasteiger partial charge in [-0.2, -0.15) is 0 Å². The van der Waals surface area contributed by atoms with Crippen molar-refractivity contribution in [3.8, 4) is 5.75 Å². The van der Waals surface area contributed by atoms with Crippen molar-refractivity contribution in [2.45, 2.75) is 4.90 Å². The zero-order chi connectivity index (χ0) is 14.5. The second kappa shape index (κ2) is 6.36. The maximum absolute atomic E-state index is 11.8. The van der Waals surface area contributed by atoms with E-state index in [1.54, 1.807) is 41.8 Å². The summed E-state index contributed by atoms with van der Waals surface area (Å²) in [6.45, 7) is 0. The Morgan fingerprint density at radius 2 is 2.05 bits per heavy atom. The van der Waals surface area contributed by atoms with Gasteiger partial charge < -0.3 is 10.5 Å². The van der Waals surface area contributed by atoms with Crippen molar-refractivity contribution in [3.05, 3.63) is 46.7 Å². The topological polar surface area (TPSA) is 100 Å². The molecule has 0 atom stereocenters. The van der Waals surface area contributed by atoms with Crippen LogP contribution in [0.4, 0.5) is 0 Å². The molecule has 0 saturated heterocycles. The maximum atomic E-state index is 11.8. The highest BCUT2D eigenvalue weighted by Crippen LogP contribution is 2.24. The van der Waals surface area contributed by atoms with Gasteiger partial charge in [-0.25, -0.2) is 4.79 Å². The molecular weight excluding hydrogens is 294 g/mol. The lowest BCUT2D eigenvalue weighted by Crippen LogP contribution is -2.18. The minimum atomic E-state index is -0.413. The van der Waals surface area contributed by atoms with Gasteiger partial charge in [0.2, 0.25) is 0 Å².